The quantitative estimate of drug-likeness (QED) is 0.0500. The molecule has 6 rings (SSSR count). The smallest absolute Gasteiger partial charge is 0.229 e. The van der Waals surface area contributed by atoms with Gasteiger partial charge in [0.05, 0.1) is 26.4 Å². The first-order valence-corrected chi connectivity index (χ1v) is 22.9. The normalized spacial score (nSPS) is 42.8. The van der Waals surface area contributed by atoms with Crippen LogP contribution in [0.25, 0.3) is 0 Å². The zero-order valence-corrected chi connectivity index (χ0v) is 37.7. The molecule has 14 N–H and O–H groups in total. The number of aliphatic hydroxyl groups is 14. The van der Waals surface area contributed by atoms with Crippen LogP contribution in [0.15, 0.2) is 35.9 Å². The van der Waals surface area contributed by atoms with Crippen molar-refractivity contribution in [1.29, 1.82) is 0 Å². The van der Waals surface area contributed by atoms with Gasteiger partial charge in [-0.2, -0.15) is 0 Å². The van der Waals surface area contributed by atoms with Gasteiger partial charge >= 0.3 is 0 Å². The van der Waals surface area contributed by atoms with E-state index in [0.29, 0.717) is 36.8 Å². The van der Waals surface area contributed by atoms with Crippen molar-refractivity contribution in [2.45, 2.75) is 188 Å². The van der Waals surface area contributed by atoms with Crippen LogP contribution in [0.1, 0.15) is 69.9 Å². The van der Waals surface area contributed by atoms with Gasteiger partial charge in [0.15, 0.2) is 12.6 Å². The van der Waals surface area contributed by atoms with Crippen LogP contribution >= 0.6 is 0 Å². The largest absolute Gasteiger partial charge is 0.462 e. The Morgan fingerprint density at radius 1 is 0.582 bits per heavy atom. The highest BCUT2D eigenvalue weighted by molar-refractivity contribution is 5.53. The molecular weight excluding hydrogens is 892 g/mol. The van der Waals surface area contributed by atoms with Crippen LogP contribution in [0.2, 0.25) is 0 Å². The van der Waals surface area contributed by atoms with E-state index in [1.807, 2.05) is 26.8 Å². The highest BCUT2D eigenvalue weighted by Gasteiger charge is 2.54. The lowest BCUT2D eigenvalue weighted by Gasteiger charge is -2.46. The summed E-state index contributed by atoms with van der Waals surface area (Å²) in [6.45, 7) is 6.88. The van der Waals surface area contributed by atoms with Gasteiger partial charge in [-0.3, -0.25) is 0 Å². The predicted octanol–water partition coefficient (Wildman–Crippen LogP) is -3.56. The molecule has 22 atom stereocenters. The maximum absolute atomic E-state index is 11.9. The Balaban J connectivity index is 1.42. The molecule has 0 spiro atoms. The van der Waals surface area contributed by atoms with E-state index in [1.54, 1.807) is 12.1 Å². The molecule has 1 aromatic rings. The Labute approximate surface area is 387 Å². The maximum Gasteiger partial charge on any atom is 0.229 e. The Morgan fingerprint density at radius 2 is 1.00 bits per heavy atom. The van der Waals surface area contributed by atoms with Crippen LogP contribution in [0.3, 0.4) is 0 Å². The van der Waals surface area contributed by atoms with Gasteiger partial charge in [-0.15, -0.1) is 0 Å². The number of rotatable bonds is 18. The molecule has 382 valence electrons. The van der Waals surface area contributed by atoms with Crippen LogP contribution in [0.4, 0.5) is 0 Å². The fourth-order valence-electron chi connectivity index (χ4n) is 9.35. The van der Waals surface area contributed by atoms with Gasteiger partial charge in [-0.1, -0.05) is 43.6 Å². The summed E-state index contributed by atoms with van der Waals surface area (Å²) < 4.78 is 47.8. The van der Waals surface area contributed by atoms with Gasteiger partial charge in [0.2, 0.25) is 12.6 Å². The van der Waals surface area contributed by atoms with E-state index in [4.69, 9.17) is 37.9 Å². The summed E-state index contributed by atoms with van der Waals surface area (Å²) in [5.41, 5.74) is 2.73. The Hall–Kier alpha value is -2.50. The van der Waals surface area contributed by atoms with Gasteiger partial charge in [-0.05, 0) is 63.1 Å². The SMILES string of the molecule is C=C(C)[C@@H]1CCC(C)=C[C@H]1c1c(O[C@@H]2O[C@H](CO)[C@@H](O)[C@H](O[C@@H]3O[C@H](CO)[C@@H](O)[C@H](O)[C@H]3O)[C@H]2O)cc(CCCCC)cc1O[C@@H]1O[C@H](CO)[C@@H](O)[C@H](O[C@@H]2O[C@H](CO)[C@@H](O)[C@H](O)[C@H]2O)[C@H]1O. The molecular formula is C45H70O22. The van der Waals surface area contributed by atoms with Gasteiger partial charge in [0, 0.05) is 11.5 Å². The summed E-state index contributed by atoms with van der Waals surface area (Å²) in [5.74, 6) is -0.707. The van der Waals surface area contributed by atoms with E-state index in [2.05, 4.69) is 6.58 Å². The summed E-state index contributed by atoms with van der Waals surface area (Å²) in [4.78, 5) is 0. The predicted molar refractivity (Wildman–Crippen MR) is 228 cm³/mol. The van der Waals surface area contributed by atoms with E-state index in [9.17, 15) is 71.5 Å². The molecule has 0 bridgehead atoms. The first-order valence-electron chi connectivity index (χ1n) is 22.9. The van der Waals surface area contributed by atoms with Gasteiger partial charge < -0.3 is 109 Å². The molecule has 0 amide bonds. The molecule has 0 unspecified atom stereocenters. The molecule has 4 fully saturated rings. The fourth-order valence-corrected chi connectivity index (χ4v) is 9.35. The highest BCUT2D eigenvalue weighted by Crippen LogP contribution is 2.49. The number of hydrogen-bond acceptors (Lipinski definition) is 22. The third-order valence-electron chi connectivity index (χ3n) is 13.4. The monoisotopic (exact) mass is 962 g/mol. The van der Waals surface area contributed by atoms with Crippen molar-refractivity contribution < 1.29 is 109 Å². The van der Waals surface area contributed by atoms with Crippen LogP contribution in [-0.4, -0.2) is 221 Å². The van der Waals surface area contributed by atoms with Gasteiger partial charge in [0.1, 0.15) is 109 Å². The third kappa shape index (κ3) is 11.7. The lowest BCUT2D eigenvalue weighted by Crippen LogP contribution is -2.65. The number of allylic oxidation sites excluding steroid dienone is 3. The fraction of sp³-hybridized carbons (Fsp3) is 0.778. The molecule has 22 nitrogen and oxygen atoms in total. The average Bonchev–Trinajstić information content (AvgIpc) is 3.30. The van der Waals surface area contributed by atoms with E-state index in [0.717, 1.165) is 24.0 Å². The van der Waals surface area contributed by atoms with Crippen LogP contribution in [0.5, 0.6) is 11.5 Å². The first kappa shape index (κ1) is 53.8. The van der Waals surface area contributed by atoms with Crippen LogP contribution in [-0.2, 0) is 34.8 Å². The van der Waals surface area contributed by atoms with Gasteiger partial charge in [-0.25, -0.2) is 0 Å². The molecule has 67 heavy (non-hydrogen) atoms. The van der Waals surface area contributed by atoms with E-state index < -0.39 is 155 Å². The number of benzene rings is 1. The van der Waals surface area contributed by atoms with Crippen molar-refractivity contribution in [3.8, 4) is 11.5 Å². The van der Waals surface area contributed by atoms with Crippen LogP contribution in [0, 0.1) is 5.92 Å². The standard InChI is InChI=1S/C45H70O22/c1-5-6-7-8-20-12-23(60-44-38(58)40(32(52)27(16-48)64-44)66-42-36(56)34(54)30(50)25(14-46)62-42)29(22-11-19(4)9-10-21(22)18(2)3)24(13-20)61-45-39(59)41(33(53)28(17-49)65-45)67-43-37(57)35(55)31(51)26(15-47)63-43/h11-13,21-22,25-28,30-59H,2,5-10,14-17H2,1,3-4H3/t21-,22+,25+,26+,27+,28+,30+,31+,32+,33+,34-,35-,36+,37+,38+,39+,40-,41-,42-,43-,44+,45+/m0/s1. The summed E-state index contributed by atoms with van der Waals surface area (Å²) in [7, 11) is 0. The van der Waals surface area contributed by atoms with E-state index >= 15 is 0 Å². The molecule has 4 aliphatic heterocycles. The molecule has 1 aliphatic carbocycles. The van der Waals surface area contributed by atoms with Gasteiger partial charge in [0.25, 0.3) is 0 Å². The minimum atomic E-state index is -1.91. The van der Waals surface area contributed by atoms with Crippen molar-refractivity contribution in [3.63, 3.8) is 0 Å². The molecule has 22 heteroatoms. The summed E-state index contributed by atoms with van der Waals surface area (Å²) >= 11 is 0. The Bertz CT molecular complexity index is 1690. The molecule has 0 radical (unpaired) electrons. The third-order valence-corrected chi connectivity index (χ3v) is 13.4. The molecule has 5 aliphatic rings. The topological polar surface area (TPSA) is 357 Å². The van der Waals surface area contributed by atoms with Crippen molar-refractivity contribution in [1.82, 2.24) is 0 Å². The highest BCUT2D eigenvalue weighted by atomic mass is 16.8. The lowest BCUT2D eigenvalue weighted by molar-refractivity contribution is -0.353. The molecule has 0 aromatic heterocycles. The second kappa shape index (κ2) is 23.6. The van der Waals surface area contributed by atoms with Crippen molar-refractivity contribution in [2.24, 2.45) is 5.92 Å². The second-order valence-corrected chi connectivity index (χ2v) is 18.2. The minimum absolute atomic E-state index is 0.0630. The van der Waals surface area contributed by atoms with E-state index in [-0.39, 0.29) is 17.4 Å². The molecule has 0 saturated carbocycles. The second-order valence-electron chi connectivity index (χ2n) is 18.2. The summed E-state index contributed by atoms with van der Waals surface area (Å²) in [5, 5.41) is 150. The zero-order chi connectivity index (χ0) is 49.0. The average molecular weight is 963 g/mol. The summed E-state index contributed by atoms with van der Waals surface area (Å²) in [6.07, 6.45) is -28.5. The minimum Gasteiger partial charge on any atom is -0.462 e. The maximum atomic E-state index is 11.9. The molecule has 4 heterocycles. The number of unbranched alkanes of at least 4 members (excludes halogenated alkanes) is 2. The Kier molecular flexibility index (Phi) is 19.0. The molecule has 4 saturated heterocycles. The molecule has 1 aromatic carbocycles. The Morgan fingerprint density at radius 3 is 1.40 bits per heavy atom. The first-order chi connectivity index (χ1) is 31.9. The number of ether oxygens (including phenoxy) is 8. The number of hydrogen-bond donors (Lipinski definition) is 14. The van der Waals surface area contributed by atoms with Crippen molar-refractivity contribution >= 4 is 0 Å². The van der Waals surface area contributed by atoms with E-state index in [1.165, 1.54) is 0 Å². The number of aryl methyl sites for hydroxylation is 1. The summed E-state index contributed by atoms with van der Waals surface area (Å²) in [6, 6.07) is 3.41. The van der Waals surface area contributed by atoms with Crippen LogP contribution < -0.4 is 9.47 Å². The van der Waals surface area contributed by atoms with Crippen molar-refractivity contribution in [3.05, 3.63) is 47.1 Å². The lowest BCUT2D eigenvalue weighted by atomic mass is 9.73. The number of aliphatic hydroxyl groups excluding tert-OH is 14. The van der Waals surface area contributed by atoms with Crippen molar-refractivity contribution in [2.75, 3.05) is 26.4 Å². The zero-order valence-electron chi connectivity index (χ0n) is 37.7.